The molecule has 0 fully saturated rings. The topological polar surface area (TPSA) is 50.2 Å². The third-order valence-corrected chi connectivity index (χ3v) is 2.55. The second-order valence-electron chi connectivity index (χ2n) is 4.50. The van der Waals surface area contributed by atoms with Crippen LogP contribution in [0.1, 0.15) is 13.8 Å². The first-order valence-electron chi connectivity index (χ1n) is 5.58. The van der Waals surface area contributed by atoms with Crippen LogP contribution in [0.2, 0.25) is 5.02 Å². The Balaban J connectivity index is 2.90. The molecule has 1 rings (SSSR count). The Morgan fingerprint density at radius 1 is 1.53 bits per heavy atom. The van der Waals surface area contributed by atoms with Gasteiger partial charge in [-0.25, -0.2) is 4.68 Å². The number of hydrogen-bond acceptors (Lipinski definition) is 4. The van der Waals surface area contributed by atoms with E-state index in [0.29, 0.717) is 12.2 Å². The Labute approximate surface area is 106 Å². The molecule has 1 aromatic rings. The minimum absolute atomic E-state index is 0.201. The fraction of sp³-hybridized carbons (Fsp3) is 0.636. The maximum atomic E-state index is 11.9. The van der Waals surface area contributed by atoms with Gasteiger partial charge < -0.3 is 10.2 Å². The normalized spacial score (nSPS) is 11.2. The summed E-state index contributed by atoms with van der Waals surface area (Å²) in [4.78, 5) is 13.9. The summed E-state index contributed by atoms with van der Waals surface area (Å²) in [5.74, 6) is 0. The number of halogens is 1. The van der Waals surface area contributed by atoms with E-state index in [1.54, 1.807) is 6.20 Å². The number of aromatic nitrogens is 2. The van der Waals surface area contributed by atoms with Gasteiger partial charge in [0.05, 0.1) is 18.4 Å². The van der Waals surface area contributed by atoms with Gasteiger partial charge in [0.25, 0.3) is 5.56 Å². The van der Waals surface area contributed by atoms with Crippen LogP contribution >= 0.6 is 11.6 Å². The first kappa shape index (κ1) is 14.0. The summed E-state index contributed by atoms with van der Waals surface area (Å²) in [6.07, 6.45) is 1.60. The van der Waals surface area contributed by atoms with E-state index in [1.807, 2.05) is 32.8 Å². The van der Waals surface area contributed by atoms with Crippen molar-refractivity contribution in [1.29, 1.82) is 0 Å². The van der Waals surface area contributed by atoms with Gasteiger partial charge in [-0.3, -0.25) is 4.79 Å². The highest BCUT2D eigenvalue weighted by molar-refractivity contribution is 6.32. The van der Waals surface area contributed by atoms with Crippen LogP contribution in [-0.2, 0) is 6.54 Å². The Morgan fingerprint density at radius 3 is 2.71 bits per heavy atom. The van der Waals surface area contributed by atoms with Crippen molar-refractivity contribution in [2.45, 2.75) is 26.4 Å². The third kappa shape index (κ3) is 4.02. The lowest BCUT2D eigenvalue weighted by Crippen LogP contribution is -2.29. The van der Waals surface area contributed by atoms with E-state index < -0.39 is 0 Å². The van der Waals surface area contributed by atoms with Crippen LogP contribution in [0.5, 0.6) is 0 Å². The van der Waals surface area contributed by atoms with E-state index >= 15 is 0 Å². The smallest absolute Gasteiger partial charge is 0.287 e. The lowest BCUT2D eigenvalue weighted by molar-refractivity contribution is 0.367. The van der Waals surface area contributed by atoms with Gasteiger partial charge >= 0.3 is 0 Å². The zero-order valence-corrected chi connectivity index (χ0v) is 11.5. The highest BCUT2D eigenvalue weighted by Gasteiger charge is 2.09. The average molecular weight is 259 g/mol. The first-order chi connectivity index (χ1) is 7.91. The van der Waals surface area contributed by atoms with E-state index in [-0.39, 0.29) is 16.6 Å². The van der Waals surface area contributed by atoms with Crippen molar-refractivity contribution < 1.29 is 0 Å². The number of nitrogens with one attached hydrogen (secondary N) is 1. The van der Waals surface area contributed by atoms with Crippen LogP contribution in [0.25, 0.3) is 0 Å². The minimum atomic E-state index is -0.251. The van der Waals surface area contributed by atoms with Gasteiger partial charge in [0.1, 0.15) is 5.02 Å². The number of anilines is 1. The molecule has 17 heavy (non-hydrogen) atoms. The number of hydrogen-bond donors (Lipinski definition) is 1. The third-order valence-electron chi connectivity index (χ3n) is 2.19. The quantitative estimate of drug-likeness (QED) is 0.865. The number of nitrogens with zero attached hydrogens (tertiary/aromatic N) is 3. The van der Waals surface area contributed by atoms with Crippen molar-refractivity contribution in [3.8, 4) is 0 Å². The molecular weight excluding hydrogens is 240 g/mol. The van der Waals surface area contributed by atoms with Crippen LogP contribution in [0.3, 0.4) is 0 Å². The van der Waals surface area contributed by atoms with Gasteiger partial charge in [-0.15, -0.1) is 0 Å². The Kier molecular flexibility index (Phi) is 4.96. The standard InChI is InChI=1S/C11H19ClN4O/c1-8(2)14-9-7-13-16(6-5-15(3)4)11(17)10(9)12/h7-8,14H,5-6H2,1-4H3. The van der Waals surface area contributed by atoms with E-state index in [9.17, 15) is 4.79 Å². The molecule has 0 bridgehead atoms. The summed E-state index contributed by atoms with van der Waals surface area (Å²) in [5.41, 5.74) is 0.340. The predicted octanol–water partition coefficient (Wildman–Crippen LogP) is 1.28. The van der Waals surface area contributed by atoms with E-state index in [2.05, 4.69) is 10.4 Å². The molecule has 1 aromatic heterocycles. The second-order valence-corrected chi connectivity index (χ2v) is 4.88. The Hall–Kier alpha value is -1.07. The van der Waals surface area contributed by atoms with Crippen LogP contribution in [-0.4, -0.2) is 41.4 Å². The van der Waals surface area contributed by atoms with Crippen LogP contribution in [0.15, 0.2) is 11.0 Å². The van der Waals surface area contributed by atoms with Crippen molar-refractivity contribution in [2.24, 2.45) is 0 Å². The SMILES string of the molecule is CC(C)Nc1cnn(CCN(C)C)c(=O)c1Cl. The molecule has 5 nitrogen and oxygen atoms in total. The molecule has 0 amide bonds. The molecule has 1 N–H and O–H groups in total. The van der Waals surface area contributed by atoms with E-state index in [0.717, 1.165) is 6.54 Å². The van der Waals surface area contributed by atoms with Gasteiger partial charge in [0.15, 0.2) is 0 Å². The second kappa shape index (κ2) is 6.02. The lowest BCUT2D eigenvalue weighted by atomic mass is 10.3. The molecule has 0 unspecified atom stereocenters. The molecule has 0 radical (unpaired) electrons. The first-order valence-corrected chi connectivity index (χ1v) is 5.96. The number of likely N-dealkylation sites (N-methyl/N-ethyl adjacent to an activating group) is 1. The fourth-order valence-corrected chi connectivity index (χ4v) is 1.53. The molecule has 0 aliphatic rings. The molecule has 0 aliphatic carbocycles. The molecule has 96 valence electrons. The van der Waals surface area contributed by atoms with Gasteiger partial charge in [0.2, 0.25) is 0 Å². The monoisotopic (exact) mass is 258 g/mol. The summed E-state index contributed by atoms with van der Waals surface area (Å²) in [7, 11) is 3.89. The van der Waals surface area contributed by atoms with E-state index in [4.69, 9.17) is 11.6 Å². The highest BCUT2D eigenvalue weighted by Crippen LogP contribution is 2.15. The maximum absolute atomic E-state index is 11.9. The van der Waals surface area contributed by atoms with Crippen molar-refractivity contribution in [2.75, 3.05) is 26.0 Å². The van der Waals surface area contributed by atoms with E-state index in [1.165, 1.54) is 4.68 Å². The molecule has 6 heteroatoms. The lowest BCUT2D eigenvalue weighted by Gasteiger charge is -2.14. The average Bonchev–Trinajstić information content (AvgIpc) is 2.23. The summed E-state index contributed by atoms with van der Waals surface area (Å²) < 4.78 is 1.38. The molecular formula is C11H19ClN4O. The fourth-order valence-electron chi connectivity index (χ4n) is 1.33. The predicted molar refractivity (Wildman–Crippen MR) is 70.8 cm³/mol. The molecule has 0 atom stereocenters. The summed E-state index contributed by atoms with van der Waals surface area (Å²) >= 11 is 6.01. The van der Waals surface area contributed by atoms with Crippen LogP contribution < -0.4 is 10.9 Å². The van der Waals surface area contributed by atoms with Crippen molar-refractivity contribution in [1.82, 2.24) is 14.7 Å². The van der Waals surface area contributed by atoms with Crippen LogP contribution in [0, 0.1) is 0 Å². The molecule has 0 saturated carbocycles. The summed E-state index contributed by atoms with van der Waals surface area (Å²) in [6, 6.07) is 0.214. The minimum Gasteiger partial charge on any atom is -0.380 e. The van der Waals surface area contributed by atoms with Gasteiger partial charge in [0, 0.05) is 12.6 Å². The Bertz CT molecular complexity index is 428. The van der Waals surface area contributed by atoms with Crippen molar-refractivity contribution in [3.63, 3.8) is 0 Å². The molecule has 1 heterocycles. The molecule has 0 spiro atoms. The summed E-state index contributed by atoms with van der Waals surface area (Å²) in [6.45, 7) is 5.25. The van der Waals surface area contributed by atoms with Gasteiger partial charge in [-0.2, -0.15) is 5.10 Å². The highest BCUT2D eigenvalue weighted by atomic mass is 35.5. The zero-order valence-electron chi connectivity index (χ0n) is 10.7. The van der Waals surface area contributed by atoms with Crippen molar-refractivity contribution in [3.05, 3.63) is 21.6 Å². The number of rotatable bonds is 5. The Morgan fingerprint density at radius 2 is 2.18 bits per heavy atom. The maximum Gasteiger partial charge on any atom is 0.287 e. The molecule has 0 saturated heterocycles. The van der Waals surface area contributed by atoms with Crippen LogP contribution in [0.4, 0.5) is 5.69 Å². The largest absolute Gasteiger partial charge is 0.380 e. The summed E-state index contributed by atoms with van der Waals surface area (Å²) in [5, 5.41) is 7.38. The zero-order chi connectivity index (χ0) is 13.0. The van der Waals surface area contributed by atoms with Gasteiger partial charge in [-0.05, 0) is 27.9 Å². The molecule has 0 aromatic carbocycles. The van der Waals surface area contributed by atoms with Crippen molar-refractivity contribution >= 4 is 17.3 Å². The van der Waals surface area contributed by atoms with Gasteiger partial charge in [-0.1, -0.05) is 11.6 Å². The molecule has 0 aliphatic heterocycles.